The molecule has 8 heteroatoms. The number of anilines is 1. The van der Waals surface area contributed by atoms with Crippen molar-refractivity contribution in [1.82, 2.24) is 0 Å². The SMILES string of the molecule is Cc1ccc(NC(=O)[C@@H](OC(=O)c2ccccc2)[C@@H](OC(=O)c2ccccc2)C(=O)O)cc1C. The highest BCUT2D eigenvalue weighted by Crippen LogP contribution is 2.18. The van der Waals surface area contributed by atoms with Crippen molar-refractivity contribution in [1.29, 1.82) is 0 Å². The molecule has 2 N–H and O–H groups in total. The smallest absolute Gasteiger partial charge is 0.349 e. The Bertz CT molecular complexity index is 1190. The minimum absolute atomic E-state index is 0.0800. The second kappa shape index (κ2) is 10.9. The molecule has 174 valence electrons. The number of nitrogens with one attached hydrogen (secondary N) is 1. The van der Waals surface area contributed by atoms with Crippen molar-refractivity contribution in [2.75, 3.05) is 5.32 Å². The Kier molecular flexibility index (Phi) is 7.76. The van der Waals surface area contributed by atoms with Crippen LogP contribution in [0.15, 0.2) is 78.9 Å². The van der Waals surface area contributed by atoms with Crippen LogP contribution in [0.4, 0.5) is 5.69 Å². The molecular weight excluding hydrogens is 438 g/mol. The fourth-order valence-corrected chi connectivity index (χ4v) is 3.04. The molecule has 3 aromatic rings. The summed E-state index contributed by atoms with van der Waals surface area (Å²) in [6.07, 6.45) is -4.05. The van der Waals surface area contributed by atoms with E-state index in [0.717, 1.165) is 11.1 Å². The molecule has 0 bridgehead atoms. The van der Waals surface area contributed by atoms with Gasteiger partial charge in [-0.2, -0.15) is 0 Å². The number of carboxylic acids is 1. The Hall–Kier alpha value is -4.46. The van der Waals surface area contributed by atoms with Crippen molar-refractivity contribution in [3.8, 4) is 0 Å². The fraction of sp³-hybridized carbons (Fsp3) is 0.154. The summed E-state index contributed by atoms with van der Waals surface area (Å²) in [7, 11) is 0. The highest BCUT2D eigenvalue weighted by atomic mass is 16.6. The predicted octanol–water partition coefficient (Wildman–Crippen LogP) is 3.78. The summed E-state index contributed by atoms with van der Waals surface area (Å²) >= 11 is 0. The average Bonchev–Trinajstić information content (AvgIpc) is 2.84. The number of rotatable bonds is 8. The Morgan fingerprint density at radius 3 is 1.68 bits per heavy atom. The molecular formula is C26H23NO7. The number of aliphatic carboxylic acids is 1. The van der Waals surface area contributed by atoms with Crippen LogP contribution >= 0.6 is 0 Å². The molecule has 0 aliphatic heterocycles. The third kappa shape index (κ3) is 6.07. The van der Waals surface area contributed by atoms with Gasteiger partial charge < -0.3 is 19.9 Å². The summed E-state index contributed by atoms with van der Waals surface area (Å²) in [5.41, 5.74) is 2.43. The zero-order chi connectivity index (χ0) is 24.7. The molecule has 0 saturated carbocycles. The van der Waals surface area contributed by atoms with Crippen molar-refractivity contribution in [3.05, 3.63) is 101 Å². The number of hydrogen-bond acceptors (Lipinski definition) is 6. The van der Waals surface area contributed by atoms with Crippen LogP contribution in [-0.4, -0.2) is 41.1 Å². The molecule has 0 spiro atoms. The summed E-state index contributed by atoms with van der Waals surface area (Å²) in [6.45, 7) is 3.74. The van der Waals surface area contributed by atoms with Crippen molar-refractivity contribution in [3.63, 3.8) is 0 Å². The first-order valence-electron chi connectivity index (χ1n) is 10.4. The lowest BCUT2D eigenvalue weighted by Crippen LogP contribution is -2.48. The first-order valence-corrected chi connectivity index (χ1v) is 10.4. The highest BCUT2D eigenvalue weighted by Gasteiger charge is 2.41. The molecule has 3 rings (SSSR count). The third-order valence-corrected chi connectivity index (χ3v) is 5.04. The highest BCUT2D eigenvalue weighted by molar-refractivity contribution is 6.01. The maximum Gasteiger partial charge on any atom is 0.349 e. The fourth-order valence-electron chi connectivity index (χ4n) is 3.04. The molecule has 0 unspecified atom stereocenters. The van der Waals surface area contributed by atoms with Gasteiger partial charge in [-0.1, -0.05) is 42.5 Å². The molecule has 3 aromatic carbocycles. The zero-order valence-electron chi connectivity index (χ0n) is 18.6. The molecule has 1 amide bonds. The van der Waals surface area contributed by atoms with E-state index >= 15 is 0 Å². The predicted molar refractivity (Wildman–Crippen MR) is 123 cm³/mol. The quantitative estimate of drug-likeness (QED) is 0.490. The van der Waals surface area contributed by atoms with Crippen molar-refractivity contribution in [2.24, 2.45) is 0 Å². The third-order valence-electron chi connectivity index (χ3n) is 5.04. The van der Waals surface area contributed by atoms with Crippen LogP contribution < -0.4 is 5.32 Å². The monoisotopic (exact) mass is 461 g/mol. The van der Waals surface area contributed by atoms with E-state index in [4.69, 9.17) is 9.47 Å². The van der Waals surface area contributed by atoms with Crippen molar-refractivity contribution in [2.45, 2.75) is 26.1 Å². The van der Waals surface area contributed by atoms with E-state index in [1.165, 1.54) is 24.3 Å². The van der Waals surface area contributed by atoms with Gasteiger partial charge in [-0.15, -0.1) is 0 Å². The number of hydrogen-bond donors (Lipinski definition) is 2. The number of ether oxygens (including phenoxy) is 2. The van der Waals surface area contributed by atoms with Crippen molar-refractivity contribution < 1.29 is 33.8 Å². The maximum absolute atomic E-state index is 13.1. The van der Waals surface area contributed by atoms with Gasteiger partial charge in [0.1, 0.15) is 0 Å². The van der Waals surface area contributed by atoms with Gasteiger partial charge in [-0.05, 0) is 61.4 Å². The number of carbonyl (C=O) groups excluding carboxylic acids is 3. The van der Waals surface area contributed by atoms with Crippen LogP contribution in [-0.2, 0) is 19.1 Å². The van der Waals surface area contributed by atoms with Crippen LogP contribution in [0.3, 0.4) is 0 Å². The first kappa shape index (κ1) is 24.2. The molecule has 0 aromatic heterocycles. The summed E-state index contributed by atoms with van der Waals surface area (Å²) in [6, 6.07) is 20.5. The summed E-state index contributed by atoms with van der Waals surface area (Å²) in [5, 5.41) is 12.3. The van der Waals surface area contributed by atoms with E-state index in [1.54, 1.807) is 54.6 Å². The van der Waals surface area contributed by atoms with E-state index in [1.807, 2.05) is 13.8 Å². The number of carboxylic acid groups (broad SMARTS) is 1. The van der Waals surface area contributed by atoms with Crippen molar-refractivity contribution >= 4 is 29.5 Å². The van der Waals surface area contributed by atoms with E-state index in [0.29, 0.717) is 5.69 Å². The van der Waals surface area contributed by atoms with E-state index in [-0.39, 0.29) is 11.1 Å². The molecule has 0 radical (unpaired) electrons. The minimum atomic E-state index is -2.09. The lowest BCUT2D eigenvalue weighted by Gasteiger charge is -2.23. The number of aryl methyl sites for hydroxylation is 2. The number of benzene rings is 3. The Morgan fingerprint density at radius 2 is 1.21 bits per heavy atom. The largest absolute Gasteiger partial charge is 0.478 e. The topological polar surface area (TPSA) is 119 Å². The van der Waals surface area contributed by atoms with Gasteiger partial charge in [-0.3, -0.25) is 4.79 Å². The second-order valence-electron chi connectivity index (χ2n) is 7.51. The van der Waals surface area contributed by atoms with Gasteiger partial charge in [0.15, 0.2) is 0 Å². The molecule has 34 heavy (non-hydrogen) atoms. The van der Waals surface area contributed by atoms with Crippen LogP contribution in [0.5, 0.6) is 0 Å². The molecule has 0 aliphatic rings. The Morgan fingerprint density at radius 1 is 0.706 bits per heavy atom. The lowest BCUT2D eigenvalue weighted by molar-refractivity contribution is -0.157. The number of esters is 2. The van der Waals surface area contributed by atoms with Gasteiger partial charge in [0, 0.05) is 5.69 Å². The normalized spacial score (nSPS) is 12.2. The summed E-state index contributed by atoms with van der Waals surface area (Å²) < 4.78 is 10.4. The average molecular weight is 461 g/mol. The van der Waals surface area contributed by atoms with Crippen LogP contribution in [0, 0.1) is 13.8 Å². The molecule has 8 nitrogen and oxygen atoms in total. The van der Waals surface area contributed by atoms with Crippen LogP contribution in [0.2, 0.25) is 0 Å². The maximum atomic E-state index is 13.1. The van der Waals surface area contributed by atoms with Gasteiger partial charge in [0.05, 0.1) is 11.1 Å². The molecule has 0 saturated heterocycles. The van der Waals surface area contributed by atoms with Gasteiger partial charge in [-0.25, -0.2) is 14.4 Å². The number of amides is 1. The van der Waals surface area contributed by atoms with E-state index in [2.05, 4.69) is 5.32 Å². The first-order chi connectivity index (χ1) is 16.3. The Balaban J connectivity index is 1.91. The van der Waals surface area contributed by atoms with Crippen LogP contribution in [0.1, 0.15) is 31.8 Å². The molecule has 0 heterocycles. The second-order valence-corrected chi connectivity index (χ2v) is 7.51. The van der Waals surface area contributed by atoms with E-state index < -0.39 is 36.0 Å². The number of carbonyl (C=O) groups is 4. The standard InChI is InChI=1S/C26H23NO7/c1-16-13-14-20(15-17(16)2)27-23(28)21(33-25(31)18-9-5-3-6-10-18)22(24(29)30)34-26(32)19-11-7-4-8-12-19/h3-15,21-22H,1-2H3,(H,27,28)(H,29,30)/t21-,22+/m0/s1. The van der Waals surface area contributed by atoms with E-state index in [9.17, 15) is 24.3 Å². The zero-order valence-corrected chi connectivity index (χ0v) is 18.6. The minimum Gasteiger partial charge on any atom is -0.478 e. The molecule has 2 atom stereocenters. The summed E-state index contributed by atoms with van der Waals surface area (Å²) in [5.74, 6) is -4.53. The molecule has 0 aliphatic carbocycles. The lowest BCUT2D eigenvalue weighted by atomic mass is 10.1. The van der Waals surface area contributed by atoms with Gasteiger partial charge in [0.2, 0.25) is 12.2 Å². The summed E-state index contributed by atoms with van der Waals surface area (Å²) in [4.78, 5) is 50.3. The van der Waals surface area contributed by atoms with Gasteiger partial charge in [0.25, 0.3) is 5.91 Å². The van der Waals surface area contributed by atoms with Crippen LogP contribution in [0.25, 0.3) is 0 Å². The Labute approximate surface area is 196 Å². The molecule has 0 fully saturated rings. The van der Waals surface area contributed by atoms with Gasteiger partial charge >= 0.3 is 17.9 Å².